The first-order chi connectivity index (χ1) is 10.6. The molecule has 0 saturated carbocycles. The van der Waals surface area contributed by atoms with Gasteiger partial charge in [-0.2, -0.15) is 0 Å². The summed E-state index contributed by atoms with van der Waals surface area (Å²) < 4.78 is 5.60. The van der Waals surface area contributed by atoms with Crippen LogP contribution in [0.2, 0.25) is 0 Å². The van der Waals surface area contributed by atoms with Crippen molar-refractivity contribution in [2.75, 3.05) is 36.5 Å². The summed E-state index contributed by atoms with van der Waals surface area (Å²) in [7, 11) is 1.76. The molecule has 1 amide bonds. The lowest BCUT2D eigenvalue weighted by Gasteiger charge is -2.31. The number of methoxy groups -OCH3 is 1. The number of nitrogens with two attached hydrogens (primary N) is 1. The second-order valence-electron chi connectivity index (χ2n) is 6.19. The maximum absolute atomic E-state index is 11.8. The standard InChI is InChI=1S/C17H25N3O2/c1-12-14(20-11-5-6-15(20)22-2)8-7-13(17(18)21)16(12)19-9-3-4-10-19/h7-8,15H,3-6,9-11H2,1-2H3,(H2,18,21). The van der Waals surface area contributed by atoms with E-state index >= 15 is 0 Å². The SMILES string of the molecule is COC1CCCN1c1ccc(C(N)=O)c(N2CCCC2)c1C. The highest BCUT2D eigenvalue weighted by molar-refractivity contribution is 6.00. The molecule has 5 heteroatoms. The van der Waals surface area contributed by atoms with Crippen LogP contribution in [0.15, 0.2) is 12.1 Å². The molecule has 3 rings (SSSR count). The molecule has 2 aliphatic rings. The predicted molar refractivity (Wildman–Crippen MR) is 88.5 cm³/mol. The maximum Gasteiger partial charge on any atom is 0.250 e. The number of benzene rings is 1. The molecular weight excluding hydrogens is 278 g/mol. The summed E-state index contributed by atoms with van der Waals surface area (Å²) in [6.45, 7) is 5.09. The monoisotopic (exact) mass is 303 g/mol. The van der Waals surface area contributed by atoms with Crippen molar-refractivity contribution in [3.63, 3.8) is 0 Å². The number of nitrogens with zero attached hydrogens (tertiary/aromatic N) is 2. The summed E-state index contributed by atoms with van der Waals surface area (Å²) in [5.74, 6) is -0.346. The number of anilines is 2. The van der Waals surface area contributed by atoms with Crippen LogP contribution in [0.25, 0.3) is 0 Å². The normalized spacial score (nSPS) is 21.6. The van der Waals surface area contributed by atoms with Crippen molar-refractivity contribution in [3.8, 4) is 0 Å². The molecule has 2 fully saturated rings. The fraction of sp³-hybridized carbons (Fsp3) is 0.588. The minimum absolute atomic E-state index is 0.129. The van der Waals surface area contributed by atoms with E-state index in [1.54, 1.807) is 7.11 Å². The van der Waals surface area contributed by atoms with Crippen molar-refractivity contribution >= 4 is 17.3 Å². The third kappa shape index (κ3) is 2.54. The Morgan fingerprint density at radius 1 is 1.23 bits per heavy atom. The Morgan fingerprint density at radius 2 is 1.95 bits per heavy atom. The minimum atomic E-state index is -0.346. The number of amides is 1. The second-order valence-corrected chi connectivity index (χ2v) is 6.19. The molecule has 0 aromatic heterocycles. The summed E-state index contributed by atoms with van der Waals surface area (Å²) in [6, 6.07) is 3.90. The van der Waals surface area contributed by atoms with E-state index in [1.165, 1.54) is 12.8 Å². The van der Waals surface area contributed by atoms with E-state index in [2.05, 4.69) is 16.7 Å². The smallest absolute Gasteiger partial charge is 0.250 e. The van der Waals surface area contributed by atoms with E-state index in [1.807, 2.05) is 12.1 Å². The molecule has 0 radical (unpaired) electrons. The summed E-state index contributed by atoms with van der Waals surface area (Å²) in [5, 5.41) is 0. The molecule has 1 atom stereocenters. The van der Waals surface area contributed by atoms with Gasteiger partial charge in [-0.1, -0.05) is 0 Å². The highest BCUT2D eigenvalue weighted by Gasteiger charge is 2.29. The molecule has 2 N–H and O–H groups in total. The van der Waals surface area contributed by atoms with Crippen molar-refractivity contribution in [2.45, 2.75) is 38.8 Å². The van der Waals surface area contributed by atoms with Crippen LogP contribution in [0.5, 0.6) is 0 Å². The zero-order chi connectivity index (χ0) is 15.7. The Bertz CT molecular complexity index is 567. The molecule has 0 bridgehead atoms. The van der Waals surface area contributed by atoms with Crippen LogP contribution in [-0.2, 0) is 4.74 Å². The van der Waals surface area contributed by atoms with Gasteiger partial charge in [0.1, 0.15) is 6.23 Å². The lowest BCUT2D eigenvalue weighted by molar-refractivity contribution is 0.100. The van der Waals surface area contributed by atoms with Crippen LogP contribution in [0, 0.1) is 6.92 Å². The quantitative estimate of drug-likeness (QED) is 0.927. The lowest BCUT2D eigenvalue weighted by Crippen LogP contribution is -2.32. The average molecular weight is 303 g/mol. The Labute approximate surface area is 132 Å². The first-order valence-electron chi connectivity index (χ1n) is 8.11. The predicted octanol–water partition coefficient (Wildman–Crippen LogP) is 2.27. The molecule has 2 heterocycles. The van der Waals surface area contributed by atoms with Crippen LogP contribution in [0.1, 0.15) is 41.6 Å². The van der Waals surface area contributed by atoms with Crippen molar-refractivity contribution in [1.29, 1.82) is 0 Å². The molecule has 22 heavy (non-hydrogen) atoms. The fourth-order valence-corrected chi connectivity index (χ4v) is 3.80. The van der Waals surface area contributed by atoms with Gasteiger partial charge in [-0.15, -0.1) is 0 Å². The van der Waals surface area contributed by atoms with Crippen LogP contribution in [-0.4, -0.2) is 38.9 Å². The van der Waals surface area contributed by atoms with Gasteiger partial charge in [-0.25, -0.2) is 0 Å². The summed E-state index contributed by atoms with van der Waals surface area (Å²) in [5.41, 5.74) is 9.56. The van der Waals surface area contributed by atoms with Gasteiger partial charge in [-0.3, -0.25) is 4.79 Å². The number of hydrogen-bond donors (Lipinski definition) is 1. The lowest BCUT2D eigenvalue weighted by atomic mass is 10.0. The van der Waals surface area contributed by atoms with E-state index in [9.17, 15) is 4.79 Å². The number of carbonyl (C=O) groups excluding carboxylic acids is 1. The Morgan fingerprint density at radius 3 is 2.59 bits per heavy atom. The third-order valence-electron chi connectivity index (χ3n) is 4.87. The van der Waals surface area contributed by atoms with Crippen LogP contribution in [0.4, 0.5) is 11.4 Å². The fourth-order valence-electron chi connectivity index (χ4n) is 3.80. The van der Waals surface area contributed by atoms with Crippen molar-refractivity contribution in [2.24, 2.45) is 5.73 Å². The molecule has 5 nitrogen and oxygen atoms in total. The third-order valence-corrected chi connectivity index (χ3v) is 4.87. The zero-order valence-corrected chi connectivity index (χ0v) is 13.5. The molecule has 2 saturated heterocycles. The molecular formula is C17H25N3O2. The van der Waals surface area contributed by atoms with Crippen LogP contribution < -0.4 is 15.5 Å². The number of rotatable bonds is 4. The van der Waals surface area contributed by atoms with E-state index in [0.717, 1.165) is 49.4 Å². The van der Waals surface area contributed by atoms with Gasteiger partial charge < -0.3 is 20.3 Å². The van der Waals surface area contributed by atoms with Crippen LogP contribution >= 0.6 is 0 Å². The molecule has 1 aromatic rings. The molecule has 0 aliphatic carbocycles. The summed E-state index contributed by atoms with van der Waals surface area (Å²) in [6.07, 6.45) is 4.66. The molecule has 1 aromatic carbocycles. The Hall–Kier alpha value is -1.75. The van der Waals surface area contributed by atoms with E-state index in [4.69, 9.17) is 10.5 Å². The van der Waals surface area contributed by atoms with E-state index in [-0.39, 0.29) is 12.1 Å². The Balaban J connectivity index is 2.05. The average Bonchev–Trinajstić information content (AvgIpc) is 3.17. The molecule has 2 aliphatic heterocycles. The van der Waals surface area contributed by atoms with Gasteiger partial charge in [0.05, 0.1) is 11.3 Å². The van der Waals surface area contributed by atoms with Gasteiger partial charge in [0.15, 0.2) is 0 Å². The van der Waals surface area contributed by atoms with E-state index < -0.39 is 0 Å². The van der Waals surface area contributed by atoms with Gasteiger partial charge in [0, 0.05) is 32.4 Å². The molecule has 1 unspecified atom stereocenters. The second kappa shape index (κ2) is 6.16. The number of ether oxygens (including phenoxy) is 1. The molecule has 120 valence electrons. The van der Waals surface area contributed by atoms with Gasteiger partial charge in [-0.05, 0) is 50.3 Å². The largest absolute Gasteiger partial charge is 0.371 e. The summed E-state index contributed by atoms with van der Waals surface area (Å²) in [4.78, 5) is 16.4. The number of primary amides is 1. The number of hydrogen-bond acceptors (Lipinski definition) is 4. The van der Waals surface area contributed by atoms with Crippen LogP contribution in [0.3, 0.4) is 0 Å². The first-order valence-corrected chi connectivity index (χ1v) is 8.11. The molecule has 0 spiro atoms. The van der Waals surface area contributed by atoms with Crippen molar-refractivity contribution in [3.05, 3.63) is 23.3 Å². The Kier molecular flexibility index (Phi) is 4.25. The topological polar surface area (TPSA) is 58.8 Å². The van der Waals surface area contributed by atoms with Gasteiger partial charge >= 0.3 is 0 Å². The van der Waals surface area contributed by atoms with Gasteiger partial charge in [0.25, 0.3) is 5.91 Å². The van der Waals surface area contributed by atoms with Crippen molar-refractivity contribution in [1.82, 2.24) is 0 Å². The first kappa shape index (κ1) is 15.2. The number of carbonyl (C=O) groups is 1. The zero-order valence-electron chi connectivity index (χ0n) is 13.5. The highest BCUT2D eigenvalue weighted by Crippen LogP contribution is 2.37. The van der Waals surface area contributed by atoms with Gasteiger partial charge in [0.2, 0.25) is 0 Å². The highest BCUT2D eigenvalue weighted by atomic mass is 16.5. The maximum atomic E-state index is 11.8. The van der Waals surface area contributed by atoms with E-state index in [0.29, 0.717) is 5.56 Å². The summed E-state index contributed by atoms with van der Waals surface area (Å²) >= 11 is 0. The van der Waals surface area contributed by atoms with Crippen molar-refractivity contribution < 1.29 is 9.53 Å². The minimum Gasteiger partial charge on any atom is -0.371 e.